The van der Waals surface area contributed by atoms with Gasteiger partial charge >= 0.3 is 6.09 Å². The third kappa shape index (κ3) is 2.39. The molecular formula is C10H16N4O2. The Balaban J connectivity index is 1.99. The van der Waals surface area contributed by atoms with Crippen LogP contribution in [0.15, 0.2) is 5.11 Å². The third-order valence-corrected chi connectivity index (χ3v) is 3.40. The van der Waals surface area contributed by atoms with E-state index in [4.69, 9.17) is 10.3 Å². The number of hydrogen-bond donors (Lipinski definition) is 1. The SMILES string of the molecule is [N-]=[N+]=NC[C@H]1NC(=O)O[C@@H]1C1CCCCC1. The summed E-state index contributed by atoms with van der Waals surface area (Å²) < 4.78 is 5.28. The summed E-state index contributed by atoms with van der Waals surface area (Å²) in [7, 11) is 0. The van der Waals surface area contributed by atoms with Crippen molar-refractivity contribution in [1.29, 1.82) is 0 Å². The minimum Gasteiger partial charge on any atom is -0.444 e. The van der Waals surface area contributed by atoms with Gasteiger partial charge < -0.3 is 10.1 Å². The Labute approximate surface area is 94.0 Å². The average Bonchev–Trinajstić information content (AvgIpc) is 2.69. The molecule has 1 saturated carbocycles. The lowest BCUT2D eigenvalue weighted by molar-refractivity contribution is 0.0751. The van der Waals surface area contributed by atoms with E-state index in [1.54, 1.807) is 0 Å². The number of nitrogens with one attached hydrogen (secondary N) is 1. The van der Waals surface area contributed by atoms with Crippen LogP contribution < -0.4 is 5.32 Å². The normalized spacial score (nSPS) is 30.4. The summed E-state index contributed by atoms with van der Waals surface area (Å²) in [6.07, 6.45) is 5.39. The highest BCUT2D eigenvalue weighted by atomic mass is 16.6. The molecule has 2 atom stereocenters. The number of carbonyl (C=O) groups excluding carboxylic acids is 1. The minimum absolute atomic E-state index is 0.113. The molecule has 0 radical (unpaired) electrons. The van der Waals surface area contributed by atoms with Gasteiger partial charge in [0.05, 0.1) is 6.04 Å². The Kier molecular flexibility index (Phi) is 3.51. The molecule has 0 aromatic carbocycles. The largest absolute Gasteiger partial charge is 0.444 e. The Morgan fingerprint density at radius 3 is 2.88 bits per heavy atom. The second-order valence-corrected chi connectivity index (χ2v) is 4.43. The lowest BCUT2D eigenvalue weighted by atomic mass is 9.83. The van der Waals surface area contributed by atoms with Crippen LogP contribution in [-0.4, -0.2) is 24.8 Å². The molecule has 0 aromatic rings. The maximum absolute atomic E-state index is 11.2. The number of alkyl carbamates (subject to hydrolysis) is 1. The molecule has 16 heavy (non-hydrogen) atoms. The van der Waals surface area contributed by atoms with Gasteiger partial charge in [-0.3, -0.25) is 0 Å². The topological polar surface area (TPSA) is 87.1 Å². The molecule has 1 saturated heterocycles. The Morgan fingerprint density at radius 2 is 2.19 bits per heavy atom. The Hall–Kier alpha value is -1.42. The van der Waals surface area contributed by atoms with E-state index in [0.717, 1.165) is 12.8 Å². The summed E-state index contributed by atoms with van der Waals surface area (Å²) in [5, 5.41) is 6.23. The van der Waals surface area contributed by atoms with Gasteiger partial charge in [0.2, 0.25) is 0 Å². The summed E-state index contributed by atoms with van der Waals surface area (Å²) in [6.45, 7) is 0.281. The van der Waals surface area contributed by atoms with Gasteiger partial charge in [0.25, 0.3) is 0 Å². The predicted octanol–water partition coefficient (Wildman–Crippen LogP) is 2.35. The highest BCUT2D eigenvalue weighted by Crippen LogP contribution is 2.31. The van der Waals surface area contributed by atoms with Crippen LogP contribution in [0.5, 0.6) is 0 Å². The van der Waals surface area contributed by atoms with Gasteiger partial charge in [-0.15, -0.1) is 0 Å². The van der Waals surface area contributed by atoms with E-state index in [9.17, 15) is 4.79 Å². The monoisotopic (exact) mass is 224 g/mol. The van der Waals surface area contributed by atoms with Gasteiger partial charge in [0.15, 0.2) is 0 Å². The molecule has 1 N–H and O–H groups in total. The van der Waals surface area contributed by atoms with Crippen molar-refractivity contribution in [3.05, 3.63) is 10.4 Å². The lowest BCUT2D eigenvalue weighted by Crippen LogP contribution is -2.39. The summed E-state index contributed by atoms with van der Waals surface area (Å²) >= 11 is 0. The van der Waals surface area contributed by atoms with Crippen LogP contribution in [0.2, 0.25) is 0 Å². The molecule has 0 aromatic heterocycles. The molecule has 2 aliphatic rings. The van der Waals surface area contributed by atoms with E-state index in [1.165, 1.54) is 19.3 Å². The zero-order chi connectivity index (χ0) is 11.4. The van der Waals surface area contributed by atoms with Crippen molar-refractivity contribution >= 4 is 6.09 Å². The number of cyclic esters (lactones) is 1. The van der Waals surface area contributed by atoms with Crippen LogP contribution in [0, 0.1) is 5.92 Å². The van der Waals surface area contributed by atoms with E-state index in [-0.39, 0.29) is 24.8 Å². The smallest absolute Gasteiger partial charge is 0.407 e. The second kappa shape index (κ2) is 5.07. The first-order valence-corrected chi connectivity index (χ1v) is 5.79. The van der Waals surface area contributed by atoms with Crippen LogP contribution in [0.4, 0.5) is 4.79 Å². The molecule has 1 amide bonds. The molecule has 2 rings (SSSR count). The quantitative estimate of drug-likeness (QED) is 0.453. The molecule has 1 aliphatic carbocycles. The van der Waals surface area contributed by atoms with Crippen LogP contribution in [0.3, 0.4) is 0 Å². The van der Waals surface area contributed by atoms with Gasteiger partial charge in [-0.1, -0.05) is 24.4 Å². The number of azide groups is 1. The first-order valence-electron chi connectivity index (χ1n) is 5.79. The summed E-state index contributed by atoms with van der Waals surface area (Å²) in [4.78, 5) is 13.9. The van der Waals surface area contributed by atoms with Crippen molar-refractivity contribution < 1.29 is 9.53 Å². The summed E-state index contributed by atoms with van der Waals surface area (Å²) in [5.41, 5.74) is 8.29. The van der Waals surface area contributed by atoms with E-state index < -0.39 is 0 Å². The number of rotatable bonds is 3. The summed E-state index contributed by atoms with van der Waals surface area (Å²) in [5.74, 6) is 0.423. The van der Waals surface area contributed by atoms with E-state index in [2.05, 4.69) is 15.3 Å². The Bertz CT molecular complexity index is 308. The Morgan fingerprint density at radius 1 is 1.44 bits per heavy atom. The highest BCUT2D eigenvalue weighted by Gasteiger charge is 2.39. The van der Waals surface area contributed by atoms with E-state index in [1.807, 2.05) is 0 Å². The average molecular weight is 224 g/mol. The molecule has 0 spiro atoms. The molecule has 1 aliphatic heterocycles. The molecule has 6 heteroatoms. The fourth-order valence-corrected chi connectivity index (χ4v) is 2.63. The van der Waals surface area contributed by atoms with Crippen LogP contribution in [0.1, 0.15) is 32.1 Å². The summed E-state index contributed by atoms with van der Waals surface area (Å²) in [6, 6.07) is -0.147. The van der Waals surface area contributed by atoms with E-state index >= 15 is 0 Å². The number of hydrogen-bond acceptors (Lipinski definition) is 3. The molecule has 2 fully saturated rings. The number of amides is 1. The van der Waals surface area contributed by atoms with Gasteiger partial charge in [0.1, 0.15) is 6.10 Å². The fraction of sp³-hybridized carbons (Fsp3) is 0.900. The first kappa shape index (κ1) is 11.1. The zero-order valence-electron chi connectivity index (χ0n) is 9.13. The van der Waals surface area contributed by atoms with Crippen molar-refractivity contribution in [3.63, 3.8) is 0 Å². The second-order valence-electron chi connectivity index (χ2n) is 4.43. The van der Waals surface area contributed by atoms with Crippen molar-refractivity contribution in [2.24, 2.45) is 11.0 Å². The molecule has 6 nitrogen and oxygen atoms in total. The van der Waals surface area contributed by atoms with Gasteiger partial charge in [-0.25, -0.2) is 4.79 Å². The third-order valence-electron chi connectivity index (χ3n) is 3.40. The maximum Gasteiger partial charge on any atom is 0.407 e. The molecular weight excluding hydrogens is 208 g/mol. The minimum atomic E-state index is -0.381. The number of carbonyl (C=O) groups is 1. The number of ether oxygens (including phenoxy) is 1. The van der Waals surface area contributed by atoms with Crippen LogP contribution >= 0.6 is 0 Å². The van der Waals surface area contributed by atoms with E-state index in [0.29, 0.717) is 5.92 Å². The van der Waals surface area contributed by atoms with Crippen LogP contribution in [-0.2, 0) is 4.74 Å². The van der Waals surface area contributed by atoms with Gasteiger partial charge in [-0.2, -0.15) is 0 Å². The molecule has 88 valence electrons. The molecule has 0 unspecified atom stereocenters. The van der Waals surface area contributed by atoms with Crippen LogP contribution in [0.25, 0.3) is 10.4 Å². The van der Waals surface area contributed by atoms with Crippen molar-refractivity contribution in [2.45, 2.75) is 44.2 Å². The molecule has 1 heterocycles. The molecule has 0 bridgehead atoms. The zero-order valence-corrected chi connectivity index (χ0v) is 9.13. The highest BCUT2D eigenvalue weighted by molar-refractivity contribution is 5.70. The maximum atomic E-state index is 11.2. The van der Waals surface area contributed by atoms with Crippen molar-refractivity contribution in [3.8, 4) is 0 Å². The predicted molar refractivity (Wildman–Crippen MR) is 57.8 cm³/mol. The van der Waals surface area contributed by atoms with Crippen molar-refractivity contribution in [1.82, 2.24) is 5.32 Å². The fourth-order valence-electron chi connectivity index (χ4n) is 2.63. The first-order chi connectivity index (χ1) is 7.81. The number of nitrogens with zero attached hydrogens (tertiary/aromatic N) is 3. The standard InChI is InChI=1S/C10H16N4O2/c11-14-12-6-8-9(16-10(15)13-8)7-4-2-1-3-5-7/h7-9H,1-6H2,(H,13,15)/t8-,9-/m1/s1. The van der Waals surface area contributed by atoms with Crippen molar-refractivity contribution in [2.75, 3.05) is 6.54 Å². The lowest BCUT2D eigenvalue weighted by Gasteiger charge is -2.28. The van der Waals surface area contributed by atoms with Gasteiger partial charge in [-0.05, 0) is 24.3 Å². The van der Waals surface area contributed by atoms with Gasteiger partial charge in [0, 0.05) is 11.5 Å².